The van der Waals surface area contributed by atoms with Crippen LogP contribution >= 0.6 is 15.9 Å². The normalized spacial score (nSPS) is 10.2. The largest absolute Gasteiger partial charge is 0.276 e. The number of imidazole rings is 1. The van der Waals surface area contributed by atoms with E-state index < -0.39 is 0 Å². The van der Waals surface area contributed by atoms with Crippen LogP contribution in [-0.4, -0.2) is 14.4 Å². The molecular formula is C8H5BrN4. The standard InChI is InChI=1S/C8H5BrN4/c1-5-7(9)13-4-6(2-10)3-11-8(13)12-5/h3-4H,1H3. The van der Waals surface area contributed by atoms with Gasteiger partial charge in [0, 0.05) is 6.20 Å². The molecule has 13 heavy (non-hydrogen) atoms. The van der Waals surface area contributed by atoms with Gasteiger partial charge in [-0.1, -0.05) is 0 Å². The van der Waals surface area contributed by atoms with E-state index >= 15 is 0 Å². The second kappa shape index (κ2) is 2.82. The summed E-state index contributed by atoms with van der Waals surface area (Å²) in [5, 5.41) is 8.66. The van der Waals surface area contributed by atoms with E-state index in [9.17, 15) is 0 Å². The fourth-order valence-corrected chi connectivity index (χ4v) is 1.42. The predicted octanol–water partition coefficient (Wildman–Crippen LogP) is 1.67. The Labute approximate surface area is 83.0 Å². The molecule has 64 valence electrons. The SMILES string of the molecule is Cc1nc2ncc(C#N)cn2c1Br. The molecule has 0 atom stereocenters. The number of hydrogen-bond donors (Lipinski definition) is 0. The first kappa shape index (κ1) is 8.20. The van der Waals surface area contributed by atoms with Crippen molar-refractivity contribution in [3.8, 4) is 6.07 Å². The minimum absolute atomic E-state index is 0.519. The Balaban J connectivity index is 2.84. The zero-order chi connectivity index (χ0) is 9.42. The van der Waals surface area contributed by atoms with Crippen LogP contribution in [-0.2, 0) is 0 Å². The lowest BCUT2D eigenvalue weighted by molar-refractivity contribution is 1.08. The van der Waals surface area contributed by atoms with Gasteiger partial charge in [0.15, 0.2) is 0 Å². The number of rotatable bonds is 0. The maximum absolute atomic E-state index is 8.66. The van der Waals surface area contributed by atoms with Crippen molar-refractivity contribution in [2.24, 2.45) is 0 Å². The van der Waals surface area contributed by atoms with E-state index in [0.29, 0.717) is 11.3 Å². The van der Waals surface area contributed by atoms with Crippen LogP contribution in [0, 0.1) is 18.3 Å². The first-order valence-corrected chi connectivity index (χ1v) is 4.42. The molecule has 0 saturated heterocycles. The average Bonchev–Trinajstić information content (AvgIpc) is 2.43. The van der Waals surface area contributed by atoms with Crippen molar-refractivity contribution in [3.05, 3.63) is 28.3 Å². The van der Waals surface area contributed by atoms with Crippen molar-refractivity contribution >= 4 is 21.7 Å². The van der Waals surface area contributed by atoms with Gasteiger partial charge in [0.05, 0.1) is 17.5 Å². The average molecular weight is 237 g/mol. The van der Waals surface area contributed by atoms with Crippen LogP contribution in [0.4, 0.5) is 0 Å². The van der Waals surface area contributed by atoms with Crippen molar-refractivity contribution < 1.29 is 0 Å². The van der Waals surface area contributed by atoms with Crippen LogP contribution in [0.1, 0.15) is 11.3 Å². The zero-order valence-corrected chi connectivity index (χ0v) is 8.41. The summed E-state index contributed by atoms with van der Waals surface area (Å²) < 4.78 is 2.58. The zero-order valence-electron chi connectivity index (χ0n) is 6.82. The molecule has 0 unspecified atom stereocenters. The van der Waals surface area contributed by atoms with Gasteiger partial charge >= 0.3 is 0 Å². The molecule has 0 amide bonds. The van der Waals surface area contributed by atoms with Gasteiger partial charge in [-0.2, -0.15) is 5.26 Å². The molecule has 2 aromatic heterocycles. The third kappa shape index (κ3) is 1.19. The smallest absolute Gasteiger partial charge is 0.234 e. The summed E-state index contributed by atoms with van der Waals surface area (Å²) >= 11 is 3.37. The maximum atomic E-state index is 8.66. The highest BCUT2D eigenvalue weighted by Crippen LogP contribution is 2.16. The van der Waals surface area contributed by atoms with Crippen molar-refractivity contribution in [1.29, 1.82) is 5.26 Å². The molecule has 0 aliphatic heterocycles. The Kier molecular flexibility index (Phi) is 1.78. The molecule has 0 saturated carbocycles. The number of aryl methyl sites for hydroxylation is 1. The van der Waals surface area contributed by atoms with Crippen molar-refractivity contribution in [2.45, 2.75) is 6.92 Å². The summed E-state index contributed by atoms with van der Waals surface area (Å²) in [6, 6.07) is 2.02. The van der Waals surface area contributed by atoms with Crippen LogP contribution in [0.2, 0.25) is 0 Å². The molecule has 0 bridgehead atoms. The fourth-order valence-electron chi connectivity index (χ4n) is 1.08. The molecule has 0 spiro atoms. The van der Waals surface area contributed by atoms with E-state index in [1.54, 1.807) is 10.6 Å². The highest BCUT2D eigenvalue weighted by Gasteiger charge is 2.06. The van der Waals surface area contributed by atoms with E-state index in [-0.39, 0.29) is 0 Å². The molecule has 2 rings (SSSR count). The Morgan fingerprint density at radius 2 is 2.38 bits per heavy atom. The summed E-state index contributed by atoms with van der Waals surface area (Å²) in [5.41, 5.74) is 1.38. The van der Waals surface area contributed by atoms with E-state index in [4.69, 9.17) is 5.26 Å². The highest BCUT2D eigenvalue weighted by atomic mass is 79.9. The minimum Gasteiger partial charge on any atom is -0.276 e. The number of nitriles is 1. The van der Waals surface area contributed by atoms with Crippen molar-refractivity contribution in [2.75, 3.05) is 0 Å². The lowest BCUT2D eigenvalue weighted by Gasteiger charge is -1.93. The first-order valence-electron chi connectivity index (χ1n) is 3.62. The second-order valence-corrected chi connectivity index (χ2v) is 3.36. The van der Waals surface area contributed by atoms with Crippen LogP contribution in [0.25, 0.3) is 5.78 Å². The van der Waals surface area contributed by atoms with E-state index in [1.807, 2.05) is 13.0 Å². The van der Waals surface area contributed by atoms with E-state index in [2.05, 4.69) is 25.9 Å². The summed E-state index contributed by atoms with van der Waals surface area (Å²) in [5.74, 6) is 0.600. The summed E-state index contributed by atoms with van der Waals surface area (Å²) in [6.45, 7) is 1.88. The van der Waals surface area contributed by atoms with Gasteiger partial charge in [-0.3, -0.25) is 4.40 Å². The summed E-state index contributed by atoms with van der Waals surface area (Å²) in [7, 11) is 0. The molecule has 4 nitrogen and oxygen atoms in total. The topological polar surface area (TPSA) is 54.0 Å². The van der Waals surface area contributed by atoms with Crippen LogP contribution < -0.4 is 0 Å². The quantitative estimate of drug-likeness (QED) is 0.700. The number of halogens is 1. The Morgan fingerprint density at radius 1 is 1.62 bits per heavy atom. The Morgan fingerprint density at radius 3 is 3.08 bits per heavy atom. The van der Waals surface area contributed by atoms with Crippen LogP contribution in [0.5, 0.6) is 0 Å². The van der Waals surface area contributed by atoms with Gasteiger partial charge in [0.25, 0.3) is 0 Å². The number of nitrogens with zero attached hydrogens (tertiary/aromatic N) is 4. The molecule has 0 radical (unpaired) electrons. The molecule has 0 N–H and O–H groups in total. The van der Waals surface area contributed by atoms with Gasteiger partial charge in [-0.15, -0.1) is 0 Å². The maximum Gasteiger partial charge on any atom is 0.234 e. The van der Waals surface area contributed by atoms with Gasteiger partial charge in [0.2, 0.25) is 5.78 Å². The molecule has 0 aliphatic carbocycles. The predicted molar refractivity (Wildman–Crippen MR) is 50.1 cm³/mol. The third-order valence-corrected chi connectivity index (χ3v) is 2.67. The Bertz CT molecular complexity index is 509. The second-order valence-electron chi connectivity index (χ2n) is 2.61. The van der Waals surface area contributed by atoms with E-state index in [0.717, 1.165) is 10.3 Å². The van der Waals surface area contributed by atoms with Crippen molar-refractivity contribution in [1.82, 2.24) is 14.4 Å². The monoisotopic (exact) mass is 236 g/mol. The summed E-state index contributed by atoms with van der Waals surface area (Å²) in [6.07, 6.45) is 3.21. The van der Waals surface area contributed by atoms with Gasteiger partial charge in [-0.05, 0) is 22.9 Å². The molecule has 2 heterocycles. The number of fused-ring (bicyclic) bond motifs is 1. The molecule has 5 heteroatoms. The Hall–Kier alpha value is -1.41. The van der Waals surface area contributed by atoms with Gasteiger partial charge < -0.3 is 0 Å². The fraction of sp³-hybridized carbons (Fsp3) is 0.125. The highest BCUT2D eigenvalue weighted by molar-refractivity contribution is 9.10. The summed E-state index contributed by atoms with van der Waals surface area (Å²) in [4.78, 5) is 8.22. The van der Waals surface area contributed by atoms with E-state index in [1.165, 1.54) is 6.20 Å². The molecule has 0 aliphatic rings. The molecule has 0 fully saturated rings. The lowest BCUT2D eigenvalue weighted by Crippen LogP contribution is -1.90. The van der Waals surface area contributed by atoms with Gasteiger partial charge in [-0.25, -0.2) is 9.97 Å². The number of hydrogen-bond acceptors (Lipinski definition) is 3. The molecule has 2 aromatic rings. The van der Waals surface area contributed by atoms with Crippen LogP contribution in [0.3, 0.4) is 0 Å². The first-order chi connectivity index (χ1) is 6.22. The van der Waals surface area contributed by atoms with Gasteiger partial charge in [0.1, 0.15) is 10.7 Å². The molecule has 0 aromatic carbocycles. The third-order valence-electron chi connectivity index (χ3n) is 1.71. The molecular weight excluding hydrogens is 232 g/mol. The lowest BCUT2D eigenvalue weighted by atomic mass is 10.4. The minimum atomic E-state index is 0.519. The van der Waals surface area contributed by atoms with Crippen molar-refractivity contribution in [3.63, 3.8) is 0 Å². The van der Waals surface area contributed by atoms with Crippen LogP contribution in [0.15, 0.2) is 17.0 Å². The number of aromatic nitrogens is 3.